The van der Waals surface area contributed by atoms with E-state index in [4.69, 9.17) is 4.74 Å². The lowest BCUT2D eigenvalue weighted by Crippen LogP contribution is -2.40. The maximum absolute atomic E-state index is 13.9. The van der Waals surface area contributed by atoms with Crippen molar-refractivity contribution >= 4 is 11.6 Å². The van der Waals surface area contributed by atoms with E-state index in [-0.39, 0.29) is 35.9 Å². The number of ketones is 2. The Morgan fingerprint density at radius 2 is 1.77 bits per heavy atom. The molecule has 1 saturated heterocycles. The summed E-state index contributed by atoms with van der Waals surface area (Å²) in [5, 5.41) is 21.8. The van der Waals surface area contributed by atoms with Gasteiger partial charge in [0.25, 0.3) is 0 Å². The van der Waals surface area contributed by atoms with Crippen molar-refractivity contribution in [2.45, 2.75) is 92.8 Å². The number of rotatable bonds is 8. The van der Waals surface area contributed by atoms with Crippen LogP contribution in [0.2, 0.25) is 0 Å². The van der Waals surface area contributed by atoms with E-state index >= 15 is 0 Å². The van der Waals surface area contributed by atoms with Gasteiger partial charge < -0.3 is 14.9 Å². The molecule has 31 heavy (non-hydrogen) atoms. The lowest BCUT2D eigenvalue weighted by atomic mass is 9.66. The number of allylic oxidation sites excluding steroid dienone is 7. The van der Waals surface area contributed by atoms with Crippen LogP contribution in [0.15, 0.2) is 46.0 Å². The molecule has 0 unspecified atom stereocenters. The number of hydrogen-bond acceptors (Lipinski definition) is 5. The van der Waals surface area contributed by atoms with Gasteiger partial charge in [0.05, 0.1) is 11.0 Å². The average Bonchev–Trinajstić information content (AvgIpc) is 3.00. The summed E-state index contributed by atoms with van der Waals surface area (Å²) < 4.78 is 6.21. The van der Waals surface area contributed by atoms with Crippen molar-refractivity contribution in [1.82, 2.24) is 0 Å². The molecule has 172 valence electrons. The molecule has 0 bridgehead atoms. The van der Waals surface area contributed by atoms with Crippen molar-refractivity contribution in [2.24, 2.45) is 11.3 Å². The Morgan fingerprint density at radius 1 is 1.19 bits per heavy atom. The second-order valence-electron chi connectivity index (χ2n) is 10.4. The second-order valence-corrected chi connectivity index (χ2v) is 10.4. The van der Waals surface area contributed by atoms with E-state index in [1.807, 2.05) is 53.7 Å². The second kappa shape index (κ2) is 9.15. The van der Waals surface area contributed by atoms with Crippen molar-refractivity contribution in [3.8, 4) is 0 Å². The van der Waals surface area contributed by atoms with Gasteiger partial charge in [-0.1, -0.05) is 37.1 Å². The van der Waals surface area contributed by atoms with Gasteiger partial charge in [-0.15, -0.1) is 0 Å². The zero-order valence-electron chi connectivity index (χ0n) is 20.3. The summed E-state index contributed by atoms with van der Waals surface area (Å²) >= 11 is 0. The Hall–Kier alpha value is -2.14. The minimum Gasteiger partial charge on any atom is -0.507 e. The first-order chi connectivity index (χ1) is 14.2. The quantitative estimate of drug-likeness (QED) is 0.392. The molecule has 0 radical (unpaired) electrons. The number of ether oxygens (including phenoxy) is 1. The number of carbonyl (C=O) groups excluding carboxylic acids is 2. The van der Waals surface area contributed by atoms with Gasteiger partial charge in [0.2, 0.25) is 0 Å². The smallest absolute Gasteiger partial charge is 0.184 e. The fraction of sp³-hybridized carbons (Fsp3) is 0.615. The first kappa shape index (κ1) is 25.1. The van der Waals surface area contributed by atoms with Gasteiger partial charge in [-0.05, 0) is 60.3 Å². The monoisotopic (exact) mass is 430 g/mol. The molecule has 0 amide bonds. The van der Waals surface area contributed by atoms with E-state index in [0.29, 0.717) is 24.2 Å². The van der Waals surface area contributed by atoms with Gasteiger partial charge in [-0.25, -0.2) is 0 Å². The van der Waals surface area contributed by atoms with Crippen molar-refractivity contribution in [3.05, 3.63) is 46.0 Å². The van der Waals surface area contributed by atoms with Crippen molar-refractivity contribution < 1.29 is 24.5 Å². The van der Waals surface area contributed by atoms with Gasteiger partial charge in [0.1, 0.15) is 23.2 Å². The zero-order valence-corrected chi connectivity index (χ0v) is 20.3. The first-order valence-corrected chi connectivity index (χ1v) is 11.1. The van der Waals surface area contributed by atoms with Gasteiger partial charge in [-0.2, -0.15) is 0 Å². The van der Waals surface area contributed by atoms with Crippen molar-refractivity contribution in [2.75, 3.05) is 0 Å². The fourth-order valence-electron chi connectivity index (χ4n) is 4.14. The van der Waals surface area contributed by atoms with Crippen LogP contribution < -0.4 is 0 Å². The molecule has 2 rings (SSSR count). The van der Waals surface area contributed by atoms with Crippen LogP contribution in [-0.2, 0) is 14.3 Å². The van der Waals surface area contributed by atoms with Crippen LogP contribution in [0.1, 0.15) is 81.1 Å². The van der Waals surface area contributed by atoms with E-state index < -0.39 is 22.9 Å². The Morgan fingerprint density at radius 3 is 2.26 bits per heavy atom. The molecule has 2 aliphatic rings. The standard InChI is InChI=1S/C26H38O5/c1-15(2)9-10-18-22(28)21(19(27)13-17(5)6)23(29)26(12-11-16(3)4)14-20(25(7,8)30)31-24(18)26/h9,11,17,20,28,30H,10,12-14H2,1-8H3/t20-,26+/m0/s1. The molecule has 1 fully saturated rings. The molecule has 2 N–H and O–H groups in total. The maximum Gasteiger partial charge on any atom is 0.184 e. The minimum atomic E-state index is -1.18. The van der Waals surface area contributed by atoms with E-state index in [1.165, 1.54) is 0 Å². The third-order valence-corrected chi connectivity index (χ3v) is 5.92. The summed E-state index contributed by atoms with van der Waals surface area (Å²) in [5.74, 6) is -0.541. The van der Waals surface area contributed by atoms with E-state index in [9.17, 15) is 19.8 Å². The SMILES string of the molecule is CC(C)=CCC1=C2O[C@H](C(C)(C)O)C[C@]2(CC=C(C)C)C(=O)C(C(=O)CC(C)C)=C1O. The highest BCUT2D eigenvalue weighted by Crippen LogP contribution is 2.55. The highest BCUT2D eigenvalue weighted by molar-refractivity contribution is 6.24. The van der Waals surface area contributed by atoms with Gasteiger partial charge in [0.15, 0.2) is 11.6 Å². The Bertz CT molecular complexity index is 868. The Balaban J connectivity index is 2.77. The number of hydrogen-bond donors (Lipinski definition) is 2. The summed E-state index contributed by atoms with van der Waals surface area (Å²) in [6.45, 7) is 15.0. The first-order valence-electron chi connectivity index (χ1n) is 11.1. The Labute approximate surface area is 186 Å². The molecule has 0 saturated carbocycles. The van der Waals surface area contributed by atoms with Crippen LogP contribution in [0, 0.1) is 11.3 Å². The third kappa shape index (κ3) is 5.20. The summed E-state index contributed by atoms with van der Waals surface area (Å²) in [7, 11) is 0. The van der Waals surface area contributed by atoms with Crippen LogP contribution in [-0.4, -0.2) is 33.5 Å². The molecule has 0 aromatic carbocycles. The summed E-state index contributed by atoms with van der Waals surface area (Å²) in [6, 6.07) is 0. The van der Waals surface area contributed by atoms with E-state index in [0.717, 1.165) is 11.1 Å². The number of aliphatic hydroxyl groups is 2. The molecule has 1 aliphatic carbocycles. The summed E-state index contributed by atoms with van der Waals surface area (Å²) in [6.07, 6.45) is 4.46. The number of fused-ring (bicyclic) bond motifs is 1. The van der Waals surface area contributed by atoms with Crippen LogP contribution in [0.4, 0.5) is 0 Å². The molecule has 1 aliphatic heterocycles. The van der Waals surface area contributed by atoms with Gasteiger partial charge in [0, 0.05) is 18.4 Å². The molecule has 0 aromatic heterocycles. The lowest BCUT2D eigenvalue weighted by molar-refractivity contribution is -0.127. The predicted octanol–water partition coefficient (Wildman–Crippen LogP) is 5.51. The Kier molecular flexibility index (Phi) is 7.42. The van der Waals surface area contributed by atoms with E-state index in [1.54, 1.807) is 13.8 Å². The highest BCUT2D eigenvalue weighted by atomic mass is 16.5. The number of carbonyl (C=O) groups is 2. The third-order valence-electron chi connectivity index (χ3n) is 5.92. The van der Waals surface area contributed by atoms with Gasteiger partial charge in [-0.3, -0.25) is 9.59 Å². The fourth-order valence-corrected chi connectivity index (χ4v) is 4.14. The molecule has 5 nitrogen and oxygen atoms in total. The normalized spacial score (nSPS) is 23.7. The zero-order chi connectivity index (χ0) is 23.7. The molecule has 2 atom stereocenters. The van der Waals surface area contributed by atoms with Crippen molar-refractivity contribution in [3.63, 3.8) is 0 Å². The molecule has 1 heterocycles. The number of aliphatic hydroxyl groups excluding tert-OH is 1. The molecular weight excluding hydrogens is 392 g/mol. The molecule has 0 aromatic rings. The molecule has 5 heteroatoms. The summed E-state index contributed by atoms with van der Waals surface area (Å²) in [4.78, 5) is 26.9. The van der Waals surface area contributed by atoms with Crippen LogP contribution in [0.25, 0.3) is 0 Å². The molecular formula is C26H38O5. The van der Waals surface area contributed by atoms with Crippen LogP contribution in [0.5, 0.6) is 0 Å². The predicted molar refractivity (Wildman–Crippen MR) is 122 cm³/mol. The van der Waals surface area contributed by atoms with Crippen LogP contribution >= 0.6 is 0 Å². The summed E-state index contributed by atoms with van der Waals surface area (Å²) in [5.41, 5.74) is 0.189. The average molecular weight is 431 g/mol. The van der Waals surface area contributed by atoms with Gasteiger partial charge >= 0.3 is 0 Å². The highest BCUT2D eigenvalue weighted by Gasteiger charge is 2.58. The lowest BCUT2D eigenvalue weighted by Gasteiger charge is -2.33. The minimum absolute atomic E-state index is 0.0601. The largest absolute Gasteiger partial charge is 0.507 e. The number of Topliss-reactive ketones (excluding diaryl/α,β-unsaturated/α-hetero) is 2. The topological polar surface area (TPSA) is 83.8 Å². The maximum atomic E-state index is 13.9. The van der Waals surface area contributed by atoms with Crippen LogP contribution in [0.3, 0.4) is 0 Å². The van der Waals surface area contributed by atoms with E-state index in [2.05, 4.69) is 0 Å². The van der Waals surface area contributed by atoms with Crippen molar-refractivity contribution in [1.29, 1.82) is 0 Å². The molecule has 0 spiro atoms.